The van der Waals surface area contributed by atoms with Crippen LogP contribution in [0.1, 0.15) is 49.9 Å². The van der Waals surface area contributed by atoms with Crippen molar-refractivity contribution in [2.75, 3.05) is 0 Å². The molecule has 0 bridgehead atoms. The summed E-state index contributed by atoms with van der Waals surface area (Å²) >= 11 is 4.41. The number of hydrogen-bond donors (Lipinski definition) is 1. The first kappa shape index (κ1) is 13.5. The molecule has 0 aliphatic heterocycles. The van der Waals surface area contributed by atoms with Gasteiger partial charge in [-0.2, -0.15) is 12.6 Å². The van der Waals surface area contributed by atoms with E-state index in [0.29, 0.717) is 0 Å². The first-order valence-corrected chi connectivity index (χ1v) is 5.81. The lowest BCUT2D eigenvalue weighted by atomic mass is 10.1. The molecule has 0 aromatic carbocycles. The summed E-state index contributed by atoms with van der Waals surface area (Å²) in [4.78, 5) is 4.46. The summed E-state index contributed by atoms with van der Waals surface area (Å²) in [6.07, 6.45) is 0.988. The Morgan fingerprint density at radius 3 is 2.36 bits per heavy atom. The second kappa shape index (κ2) is 6.88. The number of thiol groups is 1. The maximum atomic E-state index is 4.46. The van der Waals surface area contributed by atoms with Gasteiger partial charge < -0.3 is 0 Å². The highest BCUT2D eigenvalue weighted by atomic mass is 32.1. The van der Waals surface area contributed by atoms with Crippen LogP contribution in [-0.4, -0.2) is 4.98 Å². The van der Waals surface area contributed by atoms with Crippen molar-refractivity contribution in [3.05, 3.63) is 29.1 Å². The Bertz CT molecular complexity index is 269. The molecule has 80 valence electrons. The van der Waals surface area contributed by atoms with Gasteiger partial charge in [0.2, 0.25) is 0 Å². The standard InChI is InChI=1S/C10H15NS.C2H6/c1-4-10-9(8(3)12)6-5-7(2)11-10;1-2/h5-6,8,12H,4H2,1-3H3;1-2H3. The van der Waals surface area contributed by atoms with E-state index in [1.807, 2.05) is 26.8 Å². The van der Waals surface area contributed by atoms with Gasteiger partial charge in [-0.15, -0.1) is 0 Å². The van der Waals surface area contributed by atoms with Crippen molar-refractivity contribution >= 4 is 12.6 Å². The van der Waals surface area contributed by atoms with Gasteiger partial charge in [0, 0.05) is 16.6 Å². The number of nitrogens with zero attached hydrogens (tertiary/aromatic N) is 1. The summed E-state index contributed by atoms with van der Waals surface area (Å²) in [5, 5.41) is 0.285. The molecule has 1 atom stereocenters. The molecule has 14 heavy (non-hydrogen) atoms. The van der Waals surface area contributed by atoms with Crippen LogP contribution in [-0.2, 0) is 6.42 Å². The molecule has 1 unspecified atom stereocenters. The van der Waals surface area contributed by atoms with E-state index in [4.69, 9.17) is 0 Å². The predicted molar refractivity (Wildman–Crippen MR) is 67.1 cm³/mol. The van der Waals surface area contributed by atoms with Crippen LogP contribution in [0.25, 0.3) is 0 Å². The van der Waals surface area contributed by atoms with Crippen LogP contribution in [0.15, 0.2) is 12.1 Å². The predicted octanol–water partition coefficient (Wildman–Crippen LogP) is 3.97. The SMILES string of the molecule is CC.CCc1nc(C)ccc1C(C)S. The van der Waals surface area contributed by atoms with E-state index >= 15 is 0 Å². The van der Waals surface area contributed by atoms with Crippen LogP contribution in [0.2, 0.25) is 0 Å². The number of aryl methyl sites for hydroxylation is 2. The second-order valence-electron chi connectivity index (χ2n) is 3.02. The van der Waals surface area contributed by atoms with Gasteiger partial charge in [0.25, 0.3) is 0 Å². The molecule has 2 heteroatoms. The molecule has 0 aliphatic rings. The van der Waals surface area contributed by atoms with Gasteiger partial charge in [-0.05, 0) is 31.9 Å². The molecule has 0 saturated carbocycles. The largest absolute Gasteiger partial charge is 0.258 e. The number of rotatable bonds is 2. The van der Waals surface area contributed by atoms with Crippen molar-refractivity contribution in [1.29, 1.82) is 0 Å². The molecule has 1 heterocycles. The zero-order chi connectivity index (χ0) is 11.1. The van der Waals surface area contributed by atoms with Crippen LogP contribution in [0.4, 0.5) is 0 Å². The van der Waals surface area contributed by atoms with Gasteiger partial charge in [-0.1, -0.05) is 26.8 Å². The highest BCUT2D eigenvalue weighted by Gasteiger charge is 2.06. The number of hydrogen-bond acceptors (Lipinski definition) is 2. The molecule has 0 aliphatic carbocycles. The first-order chi connectivity index (χ1) is 6.65. The van der Waals surface area contributed by atoms with E-state index in [2.05, 4.69) is 37.5 Å². The lowest BCUT2D eigenvalue weighted by Gasteiger charge is -2.09. The fourth-order valence-electron chi connectivity index (χ4n) is 1.28. The molecule has 0 saturated heterocycles. The van der Waals surface area contributed by atoms with Gasteiger partial charge in [0.1, 0.15) is 0 Å². The van der Waals surface area contributed by atoms with Crippen molar-refractivity contribution in [2.45, 2.75) is 46.3 Å². The maximum Gasteiger partial charge on any atom is 0.0447 e. The van der Waals surface area contributed by atoms with Gasteiger partial charge in [0.05, 0.1) is 0 Å². The van der Waals surface area contributed by atoms with Crippen molar-refractivity contribution in [1.82, 2.24) is 4.98 Å². The van der Waals surface area contributed by atoms with Gasteiger partial charge in [-0.3, -0.25) is 4.98 Å². The van der Waals surface area contributed by atoms with Crippen LogP contribution in [0, 0.1) is 6.92 Å². The fraction of sp³-hybridized carbons (Fsp3) is 0.583. The highest BCUT2D eigenvalue weighted by molar-refractivity contribution is 7.80. The third-order valence-electron chi connectivity index (χ3n) is 1.93. The average molecular weight is 211 g/mol. The minimum atomic E-state index is 0.285. The smallest absolute Gasteiger partial charge is 0.0447 e. The fourth-order valence-corrected chi connectivity index (χ4v) is 1.52. The zero-order valence-electron chi connectivity index (χ0n) is 9.83. The summed E-state index contributed by atoms with van der Waals surface area (Å²) in [6, 6.07) is 4.17. The molecule has 1 aromatic rings. The third kappa shape index (κ3) is 3.70. The molecular formula is C12H21NS. The molecule has 1 aromatic heterocycles. The lowest BCUT2D eigenvalue weighted by molar-refractivity contribution is 0.937. The Kier molecular flexibility index (Phi) is 6.64. The quantitative estimate of drug-likeness (QED) is 0.730. The molecule has 0 spiro atoms. The van der Waals surface area contributed by atoms with Crippen molar-refractivity contribution in [3.8, 4) is 0 Å². The van der Waals surface area contributed by atoms with Crippen molar-refractivity contribution in [3.63, 3.8) is 0 Å². The summed E-state index contributed by atoms with van der Waals surface area (Å²) in [5.41, 5.74) is 3.52. The number of aromatic nitrogens is 1. The summed E-state index contributed by atoms with van der Waals surface area (Å²) in [5.74, 6) is 0. The Morgan fingerprint density at radius 1 is 1.36 bits per heavy atom. The van der Waals surface area contributed by atoms with Crippen LogP contribution in [0.5, 0.6) is 0 Å². The van der Waals surface area contributed by atoms with Crippen LogP contribution < -0.4 is 0 Å². The van der Waals surface area contributed by atoms with E-state index in [-0.39, 0.29) is 5.25 Å². The normalized spacial score (nSPS) is 11.6. The molecule has 1 rings (SSSR count). The summed E-state index contributed by atoms with van der Waals surface area (Å²) in [6.45, 7) is 10.2. The van der Waals surface area contributed by atoms with Gasteiger partial charge in [0.15, 0.2) is 0 Å². The molecular weight excluding hydrogens is 190 g/mol. The zero-order valence-corrected chi connectivity index (χ0v) is 10.7. The van der Waals surface area contributed by atoms with E-state index in [9.17, 15) is 0 Å². The minimum Gasteiger partial charge on any atom is -0.258 e. The second-order valence-corrected chi connectivity index (χ2v) is 3.79. The van der Waals surface area contributed by atoms with Crippen LogP contribution >= 0.6 is 12.6 Å². The highest BCUT2D eigenvalue weighted by Crippen LogP contribution is 2.22. The van der Waals surface area contributed by atoms with Crippen molar-refractivity contribution < 1.29 is 0 Å². The maximum absolute atomic E-state index is 4.46. The Morgan fingerprint density at radius 2 is 1.93 bits per heavy atom. The van der Waals surface area contributed by atoms with E-state index in [1.165, 1.54) is 11.3 Å². The lowest BCUT2D eigenvalue weighted by Crippen LogP contribution is -1.98. The minimum absolute atomic E-state index is 0.285. The number of pyridine rings is 1. The molecule has 1 nitrogen and oxygen atoms in total. The van der Waals surface area contributed by atoms with Gasteiger partial charge >= 0.3 is 0 Å². The first-order valence-electron chi connectivity index (χ1n) is 5.29. The van der Waals surface area contributed by atoms with E-state index in [1.54, 1.807) is 0 Å². The monoisotopic (exact) mass is 211 g/mol. The summed E-state index contributed by atoms with van der Waals surface area (Å²) in [7, 11) is 0. The van der Waals surface area contributed by atoms with E-state index in [0.717, 1.165) is 12.1 Å². The Balaban J connectivity index is 0.000000791. The van der Waals surface area contributed by atoms with E-state index < -0.39 is 0 Å². The third-order valence-corrected chi connectivity index (χ3v) is 2.21. The van der Waals surface area contributed by atoms with Gasteiger partial charge in [-0.25, -0.2) is 0 Å². The Labute approximate surface area is 93.4 Å². The molecule has 0 N–H and O–H groups in total. The van der Waals surface area contributed by atoms with Crippen molar-refractivity contribution in [2.24, 2.45) is 0 Å². The molecule has 0 amide bonds. The average Bonchev–Trinajstić information content (AvgIpc) is 2.20. The molecule has 0 radical (unpaired) electrons. The molecule has 0 fully saturated rings. The van der Waals surface area contributed by atoms with Crippen LogP contribution in [0.3, 0.4) is 0 Å². The Hall–Kier alpha value is -0.500. The summed E-state index contributed by atoms with van der Waals surface area (Å²) < 4.78 is 0. The topological polar surface area (TPSA) is 12.9 Å².